The highest BCUT2D eigenvalue weighted by Gasteiger charge is 2.04. The van der Waals surface area contributed by atoms with Crippen LogP contribution in [0, 0.1) is 6.92 Å². The number of aryl methyl sites for hydroxylation is 1. The maximum atomic E-state index is 4.34. The predicted octanol–water partition coefficient (Wildman–Crippen LogP) is 3.05. The first-order valence-electron chi connectivity index (χ1n) is 5.16. The van der Waals surface area contributed by atoms with E-state index in [1.165, 1.54) is 0 Å². The van der Waals surface area contributed by atoms with E-state index in [1.54, 1.807) is 6.20 Å². The Labute approximate surface area is 96.6 Å². The number of allylic oxidation sites excluding steroid dienone is 3. The fourth-order valence-corrected chi connectivity index (χ4v) is 1.44. The normalized spacial score (nSPS) is 11.8. The third-order valence-electron chi connectivity index (χ3n) is 2.26. The van der Waals surface area contributed by atoms with Gasteiger partial charge < -0.3 is 5.32 Å². The summed E-state index contributed by atoms with van der Waals surface area (Å²) in [5.41, 5.74) is 4.05. The molecule has 0 atom stereocenters. The fraction of sp³-hybridized carbons (Fsp3) is 0.231. The standard InChI is InChI=1S/C13H17N3/c1-5-6-11(8-14-3)13-7-12(15-4)9-16-10(13)2/h5-9,15H,3H2,1-2,4H3/b6-5-,11-8+. The summed E-state index contributed by atoms with van der Waals surface area (Å²) >= 11 is 0. The second-order valence-corrected chi connectivity index (χ2v) is 3.37. The zero-order valence-electron chi connectivity index (χ0n) is 9.99. The van der Waals surface area contributed by atoms with Gasteiger partial charge in [-0.15, -0.1) is 0 Å². The van der Waals surface area contributed by atoms with Gasteiger partial charge in [-0.05, 0) is 26.6 Å². The van der Waals surface area contributed by atoms with Crippen molar-refractivity contribution in [2.75, 3.05) is 12.4 Å². The van der Waals surface area contributed by atoms with Crippen LogP contribution in [0.2, 0.25) is 0 Å². The van der Waals surface area contributed by atoms with Crippen molar-refractivity contribution in [1.29, 1.82) is 0 Å². The molecular weight excluding hydrogens is 198 g/mol. The third kappa shape index (κ3) is 2.79. The Balaban J connectivity index is 3.27. The van der Waals surface area contributed by atoms with Gasteiger partial charge in [0, 0.05) is 30.1 Å². The average molecular weight is 215 g/mol. The topological polar surface area (TPSA) is 37.3 Å². The van der Waals surface area contributed by atoms with Gasteiger partial charge >= 0.3 is 0 Å². The molecule has 84 valence electrons. The molecule has 1 aromatic heterocycles. The maximum absolute atomic E-state index is 4.34. The van der Waals surface area contributed by atoms with Crippen LogP contribution in [0.5, 0.6) is 0 Å². The van der Waals surface area contributed by atoms with Crippen LogP contribution in [0.25, 0.3) is 5.57 Å². The van der Waals surface area contributed by atoms with Gasteiger partial charge in [0.2, 0.25) is 0 Å². The minimum absolute atomic E-state index is 0.979. The van der Waals surface area contributed by atoms with E-state index in [1.807, 2.05) is 39.2 Å². The van der Waals surface area contributed by atoms with Crippen LogP contribution in [-0.4, -0.2) is 18.7 Å². The largest absolute Gasteiger partial charge is 0.387 e. The number of aliphatic imine (C=N–C) groups is 1. The van der Waals surface area contributed by atoms with Crippen molar-refractivity contribution in [2.45, 2.75) is 13.8 Å². The summed E-state index contributed by atoms with van der Waals surface area (Å²) in [6.45, 7) is 7.44. The van der Waals surface area contributed by atoms with Crippen molar-refractivity contribution in [3.63, 3.8) is 0 Å². The molecule has 0 saturated heterocycles. The molecule has 0 aliphatic rings. The van der Waals surface area contributed by atoms with E-state index >= 15 is 0 Å². The minimum atomic E-state index is 0.979. The lowest BCUT2D eigenvalue weighted by Gasteiger charge is -2.08. The Morgan fingerprint density at radius 3 is 2.88 bits per heavy atom. The Morgan fingerprint density at radius 1 is 1.56 bits per heavy atom. The highest BCUT2D eigenvalue weighted by molar-refractivity contribution is 5.77. The predicted molar refractivity (Wildman–Crippen MR) is 70.9 cm³/mol. The fourth-order valence-electron chi connectivity index (χ4n) is 1.44. The molecule has 3 nitrogen and oxygen atoms in total. The van der Waals surface area contributed by atoms with Crippen molar-refractivity contribution in [3.05, 3.63) is 41.9 Å². The third-order valence-corrected chi connectivity index (χ3v) is 2.26. The SMILES string of the molecule is C=N/C=C(\C=C/C)c1cc(NC)cnc1C. The molecule has 0 aliphatic heterocycles. The lowest BCUT2D eigenvalue weighted by atomic mass is 10.0. The van der Waals surface area contributed by atoms with Gasteiger partial charge in [-0.1, -0.05) is 12.2 Å². The van der Waals surface area contributed by atoms with Crippen LogP contribution in [0.3, 0.4) is 0 Å². The van der Waals surface area contributed by atoms with Crippen molar-refractivity contribution < 1.29 is 0 Å². The van der Waals surface area contributed by atoms with Crippen LogP contribution in [0.1, 0.15) is 18.2 Å². The van der Waals surface area contributed by atoms with Crippen LogP contribution >= 0.6 is 0 Å². The van der Waals surface area contributed by atoms with Gasteiger partial charge in [0.25, 0.3) is 0 Å². The number of rotatable bonds is 4. The van der Waals surface area contributed by atoms with Gasteiger partial charge in [-0.3, -0.25) is 9.98 Å². The Kier molecular flexibility index (Phi) is 4.45. The molecule has 0 fully saturated rings. The van der Waals surface area contributed by atoms with Gasteiger partial charge in [-0.25, -0.2) is 0 Å². The summed E-state index contributed by atoms with van der Waals surface area (Å²) in [6.07, 6.45) is 7.53. The molecule has 0 unspecified atom stereocenters. The molecular formula is C13H17N3. The molecule has 1 rings (SSSR count). The van der Waals surface area contributed by atoms with Crippen molar-refractivity contribution in [3.8, 4) is 0 Å². The van der Waals surface area contributed by atoms with Gasteiger partial charge in [0.05, 0.1) is 11.9 Å². The highest BCUT2D eigenvalue weighted by Crippen LogP contribution is 2.22. The van der Waals surface area contributed by atoms with Crippen molar-refractivity contribution in [2.24, 2.45) is 4.99 Å². The lowest BCUT2D eigenvalue weighted by molar-refractivity contribution is 1.18. The van der Waals surface area contributed by atoms with Crippen LogP contribution in [0.15, 0.2) is 35.6 Å². The van der Waals surface area contributed by atoms with Gasteiger partial charge in [0.1, 0.15) is 0 Å². The van der Waals surface area contributed by atoms with E-state index in [9.17, 15) is 0 Å². The van der Waals surface area contributed by atoms with Crippen molar-refractivity contribution >= 4 is 18.0 Å². The van der Waals surface area contributed by atoms with Crippen molar-refractivity contribution in [1.82, 2.24) is 4.98 Å². The maximum Gasteiger partial charge on any atom is 0.0530 e. The number of hydrogen-bond acceptors (Lipinski definition) is 3. The Hall–Kier alpha value is -1.90. The molecule has 0 radical (unpaired) electrons. The molecule has 16 heavy (non-hydrogen) atoms. The van der Waals surface area contributed by atoms with E-state index in [0.29, 0.717) is 0 Å². The van der Waals surface area contributed by atoms with E-state index in [2.05, 4.69) is 28.1 Å². The molecule has 1 heterocycles. The quantitative estimate of drug-likeness (QED) is 0.619. The molecule has 3 heteroatoms. The number of aromatic nitrogens is 1. The van der Waals surface area contributed by atoms with Crippen LogP contribution in [-0.2, 0) is 0 Å². The van der Waals surface area contributed by atoms with Crippen LogP contribution in [0.4, 0.5) is 5.69 Å². The molecule has 0 aliphatic carbocycles. The molecule has 0 bridgehead atoms. The molecule has 0 spiro atoms. The first-order valence-corrected chi connectivity index (χ1v) is 5.16. The number of nitrogens with one attached hydrogen (secondary N) is 1. The number of nitrogens with zero attached hydrogens (tertiary/aromatic N) is 2. The average Bonchev–Trinajstić information content (AvgIpc) is 2.29. The number of pyridine rings is 1. The minimum Gasteiger partial charge on any atom is -0.387 e. The second kappa shape index (κ2) is 5.85. The zero-order valence-corrected chi connectivity index (χ0v) is 9.99. The monoisotopic (exact) mass is 215 g/mol. The highest BCUT2D eigenvalue weighted by atomic mass is 14.8. The smallest absolute Gasteiger partial charge is 0.0530 e. The summed E-state index contributed by atoms with van der Waals surface area (Å²) in [7, 11) is 1.88. The first kappa shape index (κ1) is 12.2. The number of anilines is 1. The molecule has 1 N–H and O–H groups in total. The summed E-state index contributed by atoms with van der Waals surface area (Å²) in [5, 5.41) is 3.07. The van der Waals surface area contributed by atoms with E-state index in [0.717, 1.165) is 22.5 Å². The lowest BCUT2D eigenvalue weighted by Crippen LogP contribution is -1.95. The first-order chi connectivity index (χ1) is 7.72. The van der Waals surface area contributed by atoms with Gasteiger partial charge in [-0.2, -0.15) is 0 Å². The molecule has 0 aromatic carbocycles. The summed E-state index contributed by atoms with van der Waals surface area (Å²) in [4.78, 5) is 8.15. The van der Waals surface area contributed by atoms with E-state index in [-0.39, 0.29) is 0 Å². The molecule has 1 aromatic rings. The van der Waals surface area contributed by atoms with E-state index < -0.39 is 0 Å². The molecule has 0 amide bonds. The molecule has 0 saturated carbocycles. The van der Waals surface area contributed by atoms with Gasteiger partial charge in [0.15, 0.2) is 0 Å². The Bertz CT molecular complexity index is 431. The summed E-state index contributed by atoms with van der Waals surface area (Å²) in [5.74, 6) is 0. The number of hydrogen-bond donors (Lipinski definition) is 1. The van der Waals surface area contributed by atoms with E-state index in [4.69, 9.17) is 0 Å². The van der Waals surface area contributed by atoms with Crippen LogP contribution < -0.4 is 5.32 Å². The summed E-state index contributed by atoms with van der Waals surface area (Å²) < 4.78 is 0. The second-order valence-electron chi connectivity index (χ2n) is 3.37. The summed E-state index contributed by atoms with van der Waals surface area (Å²) in [6, 6.07) is 2.05. The Morgan fingerprint density at radius 2 is 2.31 bits per heavy atom. The zero-order chi connectivity index (χ0) is 12.0.